The number of hydrogen-bond donors (Lipinski definition) is 4. The number of carbonyl (C=O) groups is 1. The molecule has 25 heavy (non-hydrogen) atoms. The Balaban J connectivity index is 2.06. The fourth-order valence-electron chi connectivity index (χ4n) is 2.78. The van der Waals surface area contributed by atoms with E-state index >= 15 is 0 Å². The summed E-state index contributed by atoms with van der Waals surface area (Å²) >= 11 is 0. The maximum absolute atomic E-state index is 12.9. The first-order chi connectivity index (χ1) is 12.1. The molecule has 3 rings (SSSR count). The van der Waals surface area contributed by atoms with E-state index in [2.05, 4.69) is 10.6 Å². The van der Waals surface area contributed by atoms with Crippen molar-refractivity contribution < 1.29 is 19.7 Å². The molecule has 6 nitrogen and oxygen atoms in total. The molecule has 0 saturated heterocycles. The summed E-state index contributed by atoms with van der Waals surface area (Å²) in [5, 5.41) is 25.0. The molecule has 1 aliphatic rings. The predicted octanol–water partition coefficient (Wildman–Crippen LogP) is 1.88. The lowest BCUT2D eigenvalue weighted by Gasteiger charge is -2.37. The number of anilines is 2. The molecule has 1 aliphatic heterocycles. The Bertz CT molecular complexity index is 764. The number of rotatable bonds is 6. The second kappa shape index (κ2) is 7.13. The Hall–Kier alpha value is -2.57. The average molecular weight is 342 g/mol. The normalized spacial score (nSPS) is 18.7. The molecule has 0 unspecified atom stereocenters. The van der Waals surface area contributed by atoms with Crippen LogP contribution in [0.4, 0.5) is 11.4 Å². The van der Waals surface area contributed by atoms with Crippen molar-refractivity contribution in [2.24, 2.45) is 0 Å². The predicted molar refractivity (Wildman–Crippen MR) is 96.5 cm³/mol. The molecule has 0 radical (unpaired) electrons. The summed E-state index contributed by atoms with van der Waals surface area (Å²) < 4.78 is 5.87. The molecule has 1 heterocycles. The first kappa shape index (κ1) is 17.3. The van der Waals surface area contributed by atoms with Crippen molar-refractivity contribution in [3.05, 3.63) is 53.6 Å². The zero-order chi connectivity index (χ0) is 17.9. The van der Waals surface area contributed by atoms with Crippen molar-refractivity contribution in [1.82, 2.24) is 0 Å². The Morgan fingerprint density at radius 3 is 2.68 bits per heavy atom. The summed E-state index contributed by atoms with van der Waals surface area (Å²) in [5.74, 6) is 0.407. The van der Waals surface area contributed by atoms with Crippen LogP contribution in [0.1, 0.15) is 22.8 Å². The highest BCUT2D eigenvalue weighted by Crippen LogP contribution is 2.42. The Labute approximate surface area is 146 Å². The third kappa shape index (κ3) is 3.45. The minimum absolute atomic E-state index is 0.0126. The molecular formula is C19H22N2O4. The molecule has 0 fully saturated rings. The molecule has 2 aromatic carbocycles. The van der Waals surface area contributed by atoms with Gasteiger partial charge in [0.2, 0.25) is 0 Å². The number of fused-ring (bicyclic) bond motifs is 1. The van der Waals surface area contributed by atoms with Crippen molar-refractivity contribution >= 4 is 17.2 Å². The second-order valence-corrected chi connectivity index (χ2v) is 6.34. The number of ether oxygens (including phenoxy) is 1. The number of benzene rings is 2. The Morgan fingerprint density at radius 2 is 2.00 bits per heavy atom. The van der Waals surface area contributed by atoms with Crippen molar-refractivity contribution in [1.29, 1.82) is 0 Å². The lowest BCUT2D eigenvalue weighted by Crippen LogP contribution is -2.47. The molecule has 0 spiro atoms. The molecule has 0 bridgehead atoms. The number of nitrogens with one attached hydrogen (secondary N) is 2. The standard InChI is InChI=1S/C19H22N2O4/c1-19(11-23)12-25-18-15(20-9-10-22)8-7-14(16(18)21-19)17(24)13-5-3-2-4-6-13/h2-8,20-23H,9-12H2,1H3/t19-/m1/s1. The first-order valence-corrected chi connectivity index (χ1v) is 8.21. The minimum Gasteiger partial charge on any atom is -0.487 e. The van der Waals surface area contributed by atoms with Crippen molar-refractivity contribution in [2.75, 3.05) is 37.0 Å². The van der Waals surface area contributed by atoms with Crippen LogP contribution in [0.3, 0.4) is 0 Å². The summed E-state index contributed by atoms with van der Waals surface area (Å²) in [7, 11) is 0. The van der Waals surface area contributed by atoms with Gasteiger partial charge >= 0.3 is 0 Å². The monoisotopic (exact) mass is 342 g/mol. The zero-order valence-corrected chi connectivity index (χ0v) is 14.1. The van der Waals surface area contributed by atoms with Crippen LogP contribution < -0.4 is 15.4 Å². The highest BCUT2D eigenvalue weighted by Gasteiger charge is 2.34. The zero-order valence-electron chi connectivity index (χ0n) is 14.1. The van der Waals surface area contributed by atoms with Gasteiger partial charge in [-0.2, -0.15) is 0 Å². The molecule has 4 N–H and O–H groups in total. The molecule has 0 saturated carbocycles. The van der Waals surface area contributed by atoms with E-state index in [1.165, 1.54) is 0 Å². The maximum Gasteiger partial charge on any atom is 0.195 e. The number of carbonyl (C=O) groups excluding carboxylic acids is 1. The molecule has 0 aromatic heterocycles. The highest BCUT2D eigenvalue weighted by molar-refractivity contribution is 6.13. The summed E-state index contributed by atoms with van der Waals surface area (Å²) in [5.41, 5.74) is 1.64. The number of hydrogen-bond acceptors (Lipinski definition) is 6. The summed E-state index contributed by atoms with van der Waals surface area (Å²) in [6, 6.07) is 12.5. The topological polar surface area (TPSA) is 90.8 Å². The van der Waals surface area contributed by atoms with Gasteiger partial charge in [-0.05, 0) is 19.1 Å². The van der Waals surface area contributed by atoms with E-state index < -0.39 is 5.54 Å². The van der Waals surface area contributed by atoms with Crippen molar-refractivity contribution in [3.8, 4) is 5.75 Å². The average Bonchev–Trinajstić information content (AvgIpc) is 2.66. The lowest BCUT2D eigenvalue weighted by atomic mass is 9.96. The quantitative estimate of drug-likeness (QED) is 0.599. The van der Waals surface area contributed by atoms with Gasteiger partial charge in [-0.3, -0.25) is 4.79 Å². The van der Waals surface area contributed by atoms with Gasteiger partial charge in [-0.15, -0.1) is 0 Å². The van der Waals surface area contributed by atoms with Gasteiger partial charge in [0.15, 0.2) is 11.5 Å². The molecule has 0 amide bonds. The fourth-order valence-corrected chi connectivity index (χ4v) is 2.78. The van der Waals surface area contributed by atoms with Crippen LogP contribution in [0.25, 0.3) is 0 Å². The lowest BCUT2D eigenvalue weighted by molar-refractivity contribution is 0.103. The largest absolute Gasteiger partial charge is 0.487 e. The van der Waals surface area contributed by atoms with E-state index in [1.807, 2.05) is 25.1 Å². The van der Waals surface area contributed by atoms with Crippen LogP contribution in [0.5, 0.6) is 5.75 Å². The van der Waals surface area contributed by atoms with Crippen LogP contribution >= 0.6 is 0 Å². The third-order valence-electron chi connectivity index (χ3n) is 4.18. The van der Waals surface area contributed by atoms with Crippen LogP contribution in [0.2, 0.25) is 0 Å². The van der Waals surface area contributed by atoms with Crippen LogP contribution in [0, 0.1) is 0 Å². The molecule has 2 aromatic rings. The van der Waals surface area contributed by atoms with E-state index in [1.54, 1.807) is 24.3 Å². The van der Waals surface area contributed by atoms with Gasteiger partial charge in [0.05, 0.1) is 30.1 Å². The number of aliphatic hydroxyl groups is 2. The summed E-state index contributed by atoms with van der Waals surface area (Å²) in [6.07, 6.45) is 0. The van der Waals surface area contributed by atoms with Crippen LogP contribution in [-0.2, 0) is 0 Å². The fraction of sp³-hybridized carbons (Fsp3) is 0.316. The van der Waals surface area contributed by atoms with Gasteiger partial charge in [0.25, 0.3) is 0 Å². The van der Waals surface area contributed by atoms with Gasteiger partial charge in [0, 0.05) is 17.7 Å². The Kier molecular flexibility index (Phi) is 4.92. The van der Waals surface area contributed by atoms with E-state index in [0.717, 1.165) is 0 Å². The smallest absolute Gasteiger partial charge is 0.195 e. The van der Waals surface area contributed by atoms with E-state index in [0.29, 0.717) is 34.8 Å². The maximum atomic E-state index is 12.9. The van der Waals surface area contributed by atoms with Gasteiger partial charge in [-0.1, -0.05) is 30.3 Å². The van der Waals surface area contributed by atoms with E-state index in [4.69, 9.17) is 9.84 Å². The van der Waals surface area contributed by atoms with Crippen molar-refractivity contribution in [3.63, 3.8) is 0 Å². The van der Waals surface area contributed by atoms with Crippen LogP contribution in [0.15, 0.2) is 42.5 Å². The van der Waals surface area contributed by atoms with Gasteiger partial charge < -0.3 is 25.6 Å². The molecular weight excluding hydrogens is 320 g/mol. The van der Waals surface area contributed by atoms with E-state index in [9.17, 15) is 9.90 Å². The minimum atomic E-state index is -0.672. The number of aliphatic hydroxyl groups excluding tert-OH is 2. The SMILES string of the molecule is C[C@@]1(CO)COc2c(NCCO)ccc(C(=O)c3ccccc3)c2N1. The highest BCUT2D eigenvalue weighted by atomic mass is 16.5. The summed E-state index contributed by atoms with van der Waals surface area (Å²) in [6.45, 7) is 2.34. The van der Waals surface area contributed by atoms with E-state index in [-0.39, 0.29) is 25.6 Å². The third-order valence-corrected chi connectivity index (χ3v) is 4.18. The first-order valence-electron chi connectivity index (χ1n) is 8.21. The van der Waals surface area contributed by atoms with Gasteiger partial charge in [-0.25, -0.2) is 0 Å². The second-order valence-electron chi connectivity index (χ2n) is 6.34. The van der Waals surface area contributed by atoms with Crippen LogP contribution in [-0.4, -0.2) is 47.9 Å². The Morgan fingerprint density at radius 1 is 1.24 bits per heavy atom. The molecule has 132 valence electrons. The molecule has 0 aliphatic carbocycles. The van der Waals surface area contributed by atoms with Gasteiger partial charge in [0.1, 0.15) is 6.61 Å². The van der Waals surface area contributed by atoms with Crippen molar-refractivity contribution in [2.45, 2.75) is 12.5 Å². The molecule has 6 heteroatoms. The molecule has 1 atom stereocenters. The summed E-state index contributed by atoms with van der Waals surface area (Å²) in [4.78, 5) is 12.9. The number of ketones is 1.